The zero-order valence-corrected chi connectivity index (χ0v) is 11.2. The molecule has 1 atom stereocenters. The highest BCUT2D eigenvalue weighted by Gasteiger charge is 2.13. The first-order valence-corrected chi connectivity index (χ1v) is 6.30. The molecular weight excluding hydrogens is 224 g/mol. The minimum atomic E-state index is 0.306. The Morgan fingerprint density at radius 3 is 2.83 bits per heavy atom. The van der Waals surface area contributed by atoms with Crippen molar-refractivity contribution in [3.8, 4) is 0 Å². The topological polar surface area (TPSA) is 34.1 Å². The number of nitrogens with zero attached hydrogens (tertiary/aromatic N) is 1. The third-order valence-electron chi connectivity index (χ3n) is 3.18. The van der Waals surface area contributed by atoms with E-state index in [1.807, 2.05) is 18.5 Å². The minimum Gasteiger partial charge on any atom is -0.383 e. The van der Waals surface area contributed by atoms with Gasteiger partial charge in [-0.3, -0.25) is 4.98 Å². The van der Waals surface area contributed by atoms with E-state index >= 15 is 0 Å². The van der Waals surface area contributed by atoms with E-state index in [0.717, 1.165) is 11.1 Å². The van der Waals surface area contributed by atoms with Crippen LogP contribution in [0.15, 0.2) is 36.7 Å². The van der Waals surface area contributed by atoms with E-state index in [9.17, 15) is 0 Å². The summed E-state index contributed by atoms with van der Waals surface area (Å²) in [5.41, 5.74) is 1.12. The van der Waals surface area contributed by atoms with Gasteiger partial charge in [0.05, 0.1) is 12.6 Å². The fraction of sp³-hybridized carbons (Fsp3) is 0.400. The molecule has 3 heteroatoms. The minimum absolute atomic E-state index is 0.306. The van der Waals surface area contributed by atoms with Gasteiger partial charge in [0.2, 0.25) is 0 Å². The number of pyridine rings is 1. The molecule has 3 nitrogen and oxygen atoms in total. The maximum Gasteiger partial charge on any atom is 0.0666 e. The number of benzene rings is 1. The number of ether oxygens (including phenoxy) is 1. The monoisotopic (exact) mass is 244 g/mol. The van der Waals surface area contributed by atoms with Crippen LogP contribution < -0.4 is 5.32 Å². The van der Waals surface area contributed by atoms with Crippen LogP contribution in [0.2, 0.25) is 0 Å². The lowest BCUT2D eigenvalue weighted by atomic mass is 10.0. The van der Waals surface area contributed by atoms with Gasteiger partial charge in [0.25, 0.3) is 0 Å². The third kappa shape index (κ3) is 2.79. The quantitative estimate of drug-likeness (QED) is 0.876. The van der Waals surface area contributed by atoms with Crippen molar-refractivity contribution in [2.24, 2.45) is 5.92 Å². The van der Waals surface area contributed by atoms with Crippen molar-refractivity contribution in [2.45, 2.75) is 19.9 Å². The summed E-state index contributed by atoms with van der Waals surface area (Å²) in [5, 5.41) is 5.92. The lowest BCUT2D eigenvalue weighted by molar-refractivity contribution is 0.171. The molecule has 2 rings (SSSR count). The molecule has 0 saturated heterocycles. The van der Waals surface area contributed by atoms with Gasteiger partial charge in [-0.15, -0.1) is 0 Å². The number of nitrogens with one attached hydrogen (secondary N) is 1. The number of fused-ring (bicyclic) bond motifs is 1. The number of aromatic nitrogens is 1. The highest BCUT2D eigenvalue weighted by atomic mass is 16.5. The van der Waals surface area contributed by atoms with Crippen LogP contribution in [0.3, 0.4) is 0 Å². The van der Waals surface area contributed by atoms with Gasteiger partial charge >= 0.3 is 0 Å². The van der Waals surface area contributed by atoms with Crippen molar-refractivity contribution >= 4 is 16.5 Å². The lowest BCUT2D eigenvalue weighted by Crippen LogP contribution is -2.30. The van der Waals surface area contributed by atoms with E-state index in [1.165, 1.54) is 5.39 Å². The van der Waals surface area contributed by atoms with Crippen molar-refractivity contribution in [1.82, 2.24) is 4.98 Å². The first kappa shape index (κ1) is 12.8. The summed E-state index contributed by atoms with van der Waals surface area (Å²) in [5.74, 6) is 0.511. The van der Waals surface area contributed by atoms with Crippen LogP contribution in [-0.2, 0) is 4.74 Å². The number of hydrogen-bond donors (Lipinski definition) is 1. The lowest BCUT2D eigenvalue weighted by Gasteiger charge is -2.23. The van der Waals surface area contributed by atoms with Crippen molar-refractivity contribution in [2.75, 3.05) is 19.0 Å². The van der Waals surface area contributed by atoms with Crippen LogP contribution in [0, 0.1) is 5.92 Å². The number of methoxy groups -OCH3 is 1. The largest absolute Gasteiger partial charge is 0.383 e. The molecule has 0 bridgehead atoms. The molecule has 1 heterocycles. The van der Waals surface area contributed by atoms with Gasteiger partial charge in [-0.1, -0.05) is 26.0 Å². The zero-order chi connectivity index (χ0) is 13.0. The number of hydrogen-bond acceptors (Lipinski definition) is 3. The molecular formula is C15H20N2O. The molecule has 1 unspecified atom stereocenters. The molecule has 0 fully saturated rings. The molecule has 0 amide bonds. The molecule has 0 radical (unpaired) electrons. The predicted octanol–water partition coefficient (Wildman–Crippen LogP) is 3.32. The average Bonchev–Trinajstić information content (AvgIpc) is 2.38. The second kappa shape index (κ2) is 5.83. The van der Waals surface area contributed by atoms with Gasteiger partial charge < -0.3 is 10.1 Å². The summed E-state index contributed by atoms with van der Waals surface area (Å²) in [6, 6.07) is 8.59. The summed E-state index contributed by atoms with van der Waals surface area (Å²) < 4.78 is 5.27. The molecule has 0 aliphatic rings. The van der Waals surface area contributed by atoms with E-state index in [0.29, 0.717) is 18.6 Å². The Balaban J connectivity index is 2.30. The van der Waals surface area contributed by atoms with E-state index in [-0.39, 0.29) is 0 Å². The van der Waals surface area contributed by atoms with Gasteiger partial charge in [-0.05, 0) is 23.4 Å². The molecule has 0 aliphatic heterocycles. The summed E-state index contributed by atoms with van der Waals surface area (Å²) in [6.45, 7) is 5.09. The normalized spacial score (nSPS) is 12.9. The maximum absolute atomic E-state index is 5.27. The van der Waals surface area contributed by atoms with Gasteiger partial charge in [0.15, 0.2) is 0 Å². The molecule has 0 spiro atoms. The molecule has 96 valence electrons. The van der Waals surface area contributed by atoms with E-state index in [1.54, 1.807) is 7.11 Å². The second-order valence-corrected chi connectivity index (χ2v) is 4.85. The molecule has 1 aromatic carbocycles. The Hall–Kier alpha value is -1.61. The number of anilines is 1. The molecule has 2 aromatic rings. The average molecular weight is 244 g/mol. The van der Waals surface area contributed by atoms with Gasteiger partial charge in [0.1, 0.15) is 0 Å². The van der Waals surface area contributed by atoms with Gasteiger partial charge in [0, 0.05) is 30.6 Å². The fourth-order valence-corrected chi connectivity index (χ4v) is 2.02. The van der Waals surface area contributed by atoms with Gasteiger partial charge in [-0.2, -0.15) is 0 Å². The summed E-state index contributed by atoms with van der Waals surface area (Å²) in [6.07, 6.45) is 3.73. The van der Waals surface area contributed by atoms with Crippen LogP contribution in [-0.4, -0.2) is 24.7 Å². The Labute approximate surface area is 108 Å². The summed E-state index contributed by atoms with van der Waals surface area (Å²) in [7, 11) is 1.74. The van der Waals surface area contributed by atoms with Crippen LogP contribution in [0.5, 0.6) is 0 Å². The Bertz CT molecular complexity index is 505. The highest BCUT2D eigenvalue weighted by Crippen LogP contribution is 2.23. The third-order valence-corrected chi connectivity index (χ3v) is 3.18. The second-order valence-electron chi connectivity index (χ2n) is 4.85. The fourth-order valence-electron chi connectivity index (χ4n) is 2.02. The van der Waals surface area contributed by atoms with Crippen LogP contribution in [0.25, 0.3) is 10.8 Å². The molecule has 0 saturated carbocycles. The molecule has 1 aromatic heterocycles. The van der Waals surface area contributed by atoms with E-state index in [2.05, 4.69) is 42.3 Å². The maximum atomic E-state index is 5.27. The Morgan fingerprint density at radius 1 is 1.28 bits per heavy atom. The summed E-state index contributed by atoms with van der Waals surface area (Å²) in [4.78, 5) is 4.20. The Morgan fingerprint density at radius 2 is 2.11 bits per heavy atom. The SMILES string of the molecule is COCC(Nc1cccc2ccncc12)C(C)C. The van der Waals surface area contributed by atoms with Crippen LogP contribution in [0.1, 0.15) is 13.8 Å². The van der Waals surface area contributed by atoms with Crippen LogP contribution in [0.4, 0.5) is 5.69 Å². The van der Waals surface area contributed by atoms with Crippen molar-refractivity contribution in [1.29, 1.82) is 0 Å². The van der Waals surface area contributed by atoms with Crippen molar-refractivity contribution < 1.29 is 4.74 Å². The van der Waals surface area contributed by atoms with Gasteiger partial charge in [-0.25, -0.2) is 0 Å². The first-order chi connectivity index (χ1) is 8.72. The predicted molar refractivity (Wildman–Crippen MR) is 75.9 cm³/mol. The first-order valence-electron chi connectivity index (χ1n) is 6.30. The van der Waals surface area contributed by atoms with E-state index in [4.69, 9.17) is 4.74 Å². The smallest absolute Gasteiger partial charge is 0.0666 e. The van der Waals surface area contributed by atoms with Crippen LogP contribution >= 0.6 is 0 Å². The Kier molecular flexibility index (Phi) is 4.15. The number of rotatable bonds is 5. The van der Waals surface area contributed by atoms with Crippen molar-refractivity contribution in [3.05, 3.63) is 36.7 Å². The standard InChI is InChI=1S/C15H20N2O/c1-11(2)15(10-18-3)17-14-6-4-5-12-7-8-16-9-13(12)14/h4-9,11,15,17H,10H2,1-3H3. The summed E-state index contributed by atoms with van der Waals surface area (Å²) >= 11 is 0. The molecule has 18 heavy (non-hydrogen) atoms. The molecule has 0 aliphatic carbocycles. The van der Waals surface area contributed by atoms with E-state index < -0.39 is 0 Å². The van der Waals surface area contributed by atoms with Crippen molar-refractivity contribution in [3.63, 3.8) is 0 Å². The zero-order valence-electron chi connectivity index (χ0n) is 11.2. The molecule has 1 N–H and O–H groups in total. The highest BCUT2D eigenvalue weighted by molar-refractivity contribution is 5.93.